The third-order valence-electron chi connectivity index (χ3n) is 5.22. The summed E-state index contributed by atoms with van der Waals surface area (Å²) in [5, 5.41) is 24.9. The molecule has 0 spiro atoms. The molecule has 0 saturated heterocycles. The lowest BCUT2D eigenvalue weighted by molar-refractivity contribution is -0.121. The van der Waals surface area contributed by atoms with Crippen molar-refractivity contribution in [1.82, 2.24) is 5.32 Å². The van der Waals surface area contributed by atoms with Crippen LogP contribution in [0, 0.1) is 5.92 Å². The van der Waals surface area contributed by atoms with Gasteiger partial charge in [0.25, 0.3) is 0 Å². The number of amides is 1. The molecule has 0 fully saturated rings. The summed E-state index contributed by atoms with van der Waals surface area (Å²) in [5.41, 5.74) is 2.78. The fraction of sp³-hybridized carbons (Fsp3) is 0.462. The van der Waals surface area contributed by atoms with Crippen LogP contribution in [0.1, 0.15) is 67.6 Å². The predicted octanol–water partition coefficient (Wildman–Crippen LogP) is 4.41. The number of anilines is 1. The summed E-state index contributed by atoms with van der Waals surface area (Å²) in [4.78, 5) is 24.4. The number of ether oxygens (including phenoxy) is 1. The molecular formula is C26H36N2O5. The molecule has 0 radical (unpaired) electrons. The zero-order valence-corrected chi connectivity index (χ0v) is 19.8. The molecule has 33 heavy (non-hydrogen) atoms. The Balaban J connectivity index is 2.17. The van der Waals surface area contributed by atoms with Gasteiger partial charge < -0.3 is 25.6 Å². The van der Waals surface area contributed by atoms with Crippen molar-refractivity contribution >= 4 is 17.6 Å². The molecule has 0 aliphatic carbocycles. The third-order valence-corrected chi connectivity index (χ3v) is 5.22. The number of hydrogen-bond acceptors (Lipinski definition) is 5. The van der Waals surface area contributed by atoms with Crippen molar-refractivity contribution in [3.05, 3.63) is 59.2 Å². The Labute approximate surface area is 196 Å². The van der Waals surface area contributed by atoms with Gasteiger partial charge in [-0.3, -0.25) is 4.79 Å². The molecule has 1 amide bonds. The van der Waals surface area contributed by atoms with Gasteiger partial charge in [-0.25, -0.2) is 4.79 Å². The third kappa shape index (κ3) is 8.42. The van der Waals surface area contributed by atoms with E-state index in [9.17, 15) is 14.7 Å². The van der Waals surface area contributed by atoms with Crippen molar-refractivity contribution in [2.45, 2.75) is 52.5 Å². The number of hydrogen-bond donors (Lipinski definition) is 4. The van der Waals surface area contributed by atoms with E-state index in [2.05, 4.69) is 24.5 Å². The summed E-state index contributed by atoms with van der Waals surface area (Å²) in [5.74, 6) is -0.556. The standard InChI is InChI=1S/C26H36N2O5/c1-4-33-24-16-19(11-12-21(24)26(31)32)17-25(30)28-23(15-18(2)3)20-9-5-6-10-22(20)27-13-7-8-14-29/h5-6,9-12,16,18,23,27,29H,4,7-8,13-15,17H2,1-3H3,(H,28,30)(H,31,32). The highest BCUT2D eigenvalue weighted by Gasteiger charge is 2.20. The first-order valence-electron chi connectivity index (χ1n) is 11.6. The summed E-state index contributed by atoms with van der Waals surface area (Å²) in [7, 11) is 0. The van der Waals surface area contributed by atoms with E-state index < -0.39 is 5.97 Å². The van der Waals surface area contributed by atoms with E-state index in [-0.39, 0.29) is 36.3 Å². The number of carbonyl (C=O) groups excluding carboxylic acids is 1. The predicted molar refractivity (Wildman–Crippen MR) is 130 cm³/mol. The van der Waals surface area contributed by atoms with Gasteiger partial charge in [-0.05, 0) is 61.4 Å². The molecule has 180 valence electrons. The number of carbonyl (C=O) groups is 2. The van der Waals surface area contributed by atoms with Crippen LogP contribution < -0.4 is 15.4 Å². The second-order valence-corrected chi connectivity index (χ2v) is 8.44. The van der Waals surface area contributed by atoms with E-state index in [0.717, 1.165) is 37.1 Å². The smallest absolute Gasteiger partial charge is 0.339 e. The zero-order chi connectivity index (χ0) is 24.2. The van der Waals surface area contributed by atoms with Crippen LogP contribution in [0.4, 0.5) is 5.69 Å². The van der Waals surface area contributed by atoms with Crippen molar-refractivity contribution < 1.29 is 24.5 Å². The summed E-state index contributed by atoms with van der Waals surface area (Å²) < 4.78 is 5.46. The van der Waals surface area contributed by atoms with E-state index in [1.165, 1.54) is 6.07 Å². The summed E-state index contributed by atoms with van der Waals surface area (Å²) in [6, 6.07) is 12.6. The molecule has 2 rings (SSSR count). The quantitative estimate of drug-likeness (QED) is 0.314. The number of carboxylic acids is 1. The van der Waals surface area contributed by atoms with Crippen molar-refractivity contribution in [3.8, 4) is 5.75 Å². The van der Waals surface area contributed by atoms with Gasteiger partial charge in [0.1, 0.15) is 11.3 Å². The van der Waals surface area contributed by atoms with Crippen LogP contribution in [0.3, 0.4) is 0 Å². The lowest BCUT2D eigenvalue weighted by Gasteiger charge is -2.24. The monoisotopic (exact) mass is 456 g/mol. The second-order valence-electron chi connectivity index (χ2n) is 8.44. The second kappa shape index (κ2) is 13.5. The number of aliphatic hydroxyl groups excluding tert-OH is 1. The molecule has 0 aliphatic rings. The molecular weight excluding hydrogens is 420 g/mol. The molecule has 2 aromatic rings. The van der Waals surface area contributed by atoms with Crippen LogP contribution >= 0.6 is 0 Å². The minimum atomic E-state index is -1.06. The first-order valence-corrected chi connectivity index (χ1v) is 11.6. The molecule has 4 N–H and O–H groups in total. The zero-order valence-electron chi connectivity index (χ0n) is 19.8. The fourth-order valence-electron chi connectivity index (χ4n) is 3.72. The molecule has 0 aromatic heterocycles. The maximum Gasteiger partial charge on any atom is 0.339 e. The maximum atomic E-state index is 13.0. The van der Waals surface area contributed by atoms with Crippen molar-refractivity contribution in [1.29, 1.82) is 0 Å². The molecule has 0 aliphatic heterocycles. The lowest BCUT2D eigenvalue weighted by atomic mass is 9.95. The van der Waals surface area contributed by atoms with Crippen LogP contribution in [0.25, 0.3) is 0 Å². The van der Waals surface area contributed by atoms with E-state index in [1.807, 2.05) is 24.3 Å². The van der Waals surface area contributed by atoms with E-state index in [4.69, 9.17) is 9.84 Å². The highest BCUT2D eigenvalue weighted by atomic mass is 16.5. The lowest BCUT2D eigenvalue weighted by Crippen LogP contribution is -2.31. The Bertz CT molecular complexity index is 913. The van der Waals surface area contributed by atoms with Gasteiger partial charge in [0.15, 0.2) is 0 Å². The Hall–Kier alpha value is -3.06. The Morgan fingerprint density at radius 1 is 1.09 bits per heavy atom. The minimum Gasteiger partial charge on any atom is -0.493 e. The number of carboxylic acid groups (broad SMARTS) is 1. The Kier molecular flexibility index (Phi) is 10.7. The first kappa shape index (κ1) is 26.2. The van der Waals surface area contributed by atoms with Crippen LogP contribution in [0.15, 0.2) is 42.5 Å². The molecule has 7 heteroatoms. The average Bonchev–Trinajstić information content (AvgIpc) is 2.76. The summed E-state index contributed by atoms with van der Waals surface area (Å²) in [6.07, 6.45) is 2.51. The maximum absolute atomic E-state index is 13.0. The van der Waals surface area contributed by atoms with Gasteiger partial charge in [0.05, 0.1) is 19.1 Å². The number of aromatic carboxylic acids is 1. The summed E-state index contributed by atoms with van der Waals surface area (Å²) in [6.45, 7) is 7.29. The number of aliphatic hydroxyl groups is 1. The summed E-state index contributed by atoms with van der Waals surface area (Å²) >= 11 is 0. The number of nitrogens with one attached hydrogen (secondary N) is 2. The number of rotatable bonds is 14. The molecule has 0 saturated carbocycles. The average molecular weight is 457 g/mol. The Morgan fingerprint density at radius 3 is 2.52 bits per heavy atom. The number of para-hydroxylation sites is 1. The van der Waals surface area contributed by atoms with E-state index >= 15 is 0 Å². The highest BCUT2D eigenvalue weighted by Crippen LogP contribution is 2.28. The fourth-order valence-corrected chi connectivity index (χ4v) is 3.72. The number of unbranched alkanes of at least 4 members (excludes halogenated alkanes) is 1. The topological polar surface area (TPSA) is 108 Å². The van der Waals surface area contributed by atoms with Gasteiger partial charge >= 0.3 is 5.97 Å². The van der Waals surface area contributed by atoms with Crippen LogP contribution in [-0.2, 0) is 11.2 Å². The highest BCUT2D eigenvalue weighted by molar-refractivity contribution is 5.91. The minimum absolute atomic E-state index is 0.0832. The van der Waals surface area contributed by atoms with Crippen LogP contribution in [0.5, 0.6) is 5.75 Å². The Morgan fingerprint density at radius 2 is 1.85 bits per heavy atom. The molecule has 1 unspecified atom stereocenters. The van der Waals surface area contributed by atoms with Gasteiger partial charge in [-0.15, -0.1) is 0 Å². The molecule has 7 nitrogen and oxygen atoms in total. The SMILES string of the molecule is CCOc1cc(CC(=O)NC(CC(C)C)c2ccccc2NCCCCO)ccc1C(=O)O. The molecule has 0 heterocycles. The normalized spacial score (nSPS) is 11.8. The van der Waals surface area contributed by atoms with E-state index in [1.54, 1.807) is 19.1 Å². The van der Waals surface area contributed by atoms with Gasteiger partial charge in [-0.1, -0.05) is 38.1 Å². The van der Waals surface area contributed by atoms with Crippen molar-refractivity contribution in [2.75, 3.05) is 25.1 Å². The van der Waals surface area contributed by atoms with Crippen LogP contribution in [0.2, 0.25) is 0 Å². The number of benzene rings is 2. The van der Waals surface area contributed by atoms with Crippen molar-refractivity contribution in [2.24, 2.45) is 5.92 Å². The van der Waals surface area contributed by atoms with Crippen LogP contribution in [-0.4, -0.2) is 41.8 Å². The van der Waals surface area contributed by atoms with Gasteiger partial charge in [0.2, 0.25) is 5.91 Å². The van der Waals surface area contributed by atoms with E-state index in [0.29, 0.717) is 18.1 Å². The van der Waals surface area contributed by atoms with Crippen molar-refractivity contribution in [3.63, 3.8) is 0 Å². The molecule has 0 bridgehead atoms. The van der Waals surface area contributed by atoms with Gasteiger partial charge in [-0.2, -0.15) is 0 Å². The molecule has 2 aromatic carbocycles. The largest absolute Gasteiger partial charge is 0.493 e. The van der Waals surface area contributed by atoms with Gasteiger partial charge in [0, 0.05) is 18.8 Å². The first-order chi connectivity index (χ1) is 15.8. The molecule has 1 atom stereocenters.